The maximum Gasteiger partial charge on any atom is 0.191 e. The van der Waals surface area contributed by atoms with E-state index < -0.39 is 0 Å². The van der Waals surface area contributed by atoms with Crippen LogP contribution in [0.5, 0.6) is 0 Å². The van der Waals surface area contributed by atoms with Gasteiger partial charge in [-0.2, -0.15) is 0 Å². The van der Waals surface area contributed by atoms with Crippen molar-refractivity contribution in [2.24, 2.45) is 10.9 Å². The van der Waals surface area contributed by atoms with Crippen molar-refractivity contribution in [1.29, 1.82) is 0 Å². The summed E-state index contributed by atoms with van der Waals surface area (Å²) in [5.74, 6) is 1.83. The second kappa shape index (κ2) is 9.66. The number of aliphatic imine (C=N–C) groups is 1. The van der Waals surface area contributed by atoms with Crippen LogP contribution < -0.4 is 15.5 Å². The van der Waals surface area contributed by atoms with Gasteiger partial charge in [0.05, 0.1) is 0 Å². The van der Waals surface area contributed by atoms with E-state index in [4.69, 9.17) is 0 Å². The molecule has 1 aromatic rings. The molecule has 5 heteroatoms. The molecule has 1 saturated carbocycles. The van der Waals surface area contributed by atoms with Gasteiger partial charge in [-0.05, 0) is 50.8 Å². The molecule has 25 heavy (non-hydrogen) atoms. The molecule has 1 saturated heterocycles. The maximum absolute atomic E-state index is 4.68. The van der Waals surface area contributed by atoms with Crippen molar-refractivity contribution in [3.63, 3.8) is 0 Å². The number of nitrogens with one attached hydrogen (secondary N) is 2. The number of hydrogen-bond acceptors (Lipinski definition) is 3. The van der Waals surface area contributed by atoms with Crippen molar-refractivity contribution in [2.75, 3.05) is 57.3 Å². The van der Waals surface area contributed by atoms with Crippen LogP contribution in [0.1, 0.15) is 26.2 Å². The van der Waals surface area contributed by atoms with Gasteiger partial charge < -0.3 is 15.5 Å². The molecule has 1 aliphatic heterocycles. The maximum atomic E-state index is 4.68. The van der Waals surface area contributed by atoms with Crippen molar-refractivity contribution in [2.45, 2.75) is 26.2 Å². The zero-order valence-electron chi connectivity index (χ0n) is 15.6. The lowest BCUT2D eigenvalue weighted by Gasteiger charge is -2.36. The summed E-state index contributed by atoms with van der Waals surface area (Å²) in [5.41, 5.74) is 1.35. The highest BCUT2D eigenvalue weighted by Crippen LogP contribution is 2.28. The lowest BCUT2D eigenvalue weighted by molar-refractivity contribution is 0.255. The molecule has 0 unspecified atom stereocenters. The summed E-state index contributed by atoms with van der Waals surface area (Å²) in [6.45, 7) is 10.8. The van der Waals surface area contributed by atoms with Gasteiger partial charge in [-0.3, -0.25) is 9.89 Å². The van der Waals surface area contributed by atoms with Crippen LogP contribution in [-0.2, 0) is 0 Å². The summed E-state index contributed by atoms with van der Waals surface area (Å²) in [7, 11) is 0. The first-order valence-corrected chi connectivity index (χ1v) is 9.89. The van der Waals surface area contributed by atoms with E-state index in [9.17, 15) is 0 Å². The molecule has 5 nitrogen and oxygen atoms in total. The Morgan fingerprint density at radius 2 is 1.84 bits per heavy atom. The molecule has 0 spiro atoms. The van der Waals surface area contributed by atoms with Gasteiger partial charge in [0.25, 0.3) is 0 Å². The fourth-order valence-corrected chi connectivity index (χ4v) is 3.24. The number of para-hydroxylation sites is 1. The van der Waals surface area contributed by atoms with Crippen molar-refractivity contribution in [3.05, 3.63) is 30.3 Å². The van der Waals surface area contributed by atoms with Gasteiger partial charge in [0, 0.05) is 51.5 Å². The molecule has 3 rings (SSSR count). The summed E-state index contributed by atoms with van der Waals surface area (Å²) in [5, 5.41) is 6.83. The lowest BCUT2D eigenvalue weighted by atomic mass is 10.2. The van der Waals surface area contributed by atoms with Crippen LogP contribution in [0.15, 0.2) is 35.3 Å². The van der Waals surface area contributed by atoms with E-state index in [-0.39, 0.29) is 0 Å². The van der Waals surface area contributed by atoms with E-state index in [1.165, 1.54) is 24.9 Å². The average Bonchev–Trinajstić information content (AvgIpc) is 3.49. The molecule has 0 amide bonds. The molecule has 1 aromatic carbocycles. The van der Waals surface area contributed by atoms with Crippen molar-refractivity contribution < 1.29 is 0 Å². The Morgan fingerprint density at radius 1 is 1.08 bits per heavy atom. The number of piperazine rings is 1. The molecule has 2 aliphatic rings. The quantitative estimate of drug-likeness (QED) is 0.431. The van der Waals surface area contributed by atoms with E-state index in [2.05, 4.69) is 62.7 Å². The average molecular weight is 344 g/mol. The molecule has 2 fully saturated rings. The van der Waals surface area contributed by atoms with Crippen molar-refractivity contribution in [3.8, 4) is 0 Å². The van der Waals surface area contributed by atoms with Crippen LogP contribution in [0.4, 0.5) is 5.69 Å². The Balaban J connectivity index is 1.31. The fourth-order valence-electron chi connectivity index (χ4n) is 3.24. The Hall–Kier alpha value is -1.75. The minimum Gasteiger partial charge on any atom is -0.369 e. The van der Waals surface area contributed by atoms with Crippen LogP contribution in [0.25, 0.3) is 0 Å². The van der Waals surface area contributed by atoms with Gasteiger partial charge in [0.1, 0.15) is 0 Å². The SMILES string of the molecule is CCNC(=NCC1CC1)NCCCN1CCN(c2ccccc2)CC1. The Kier molecular flexibility index (Phi) is 6.98. The first-order valence-electron chi connectivity index (χ1n) is 9.89. The molecule has 0 atom stereocenters. The van der Waals surface area contributed by atoms with Crippen LogP contribution in [-0.4, -0.2) is 63.2 Å². The zero-order chi connectivity index (χ0) is 17.3. The minimum absolute atomic E-state index is 0.844. The van der Waals surface area contributed by atoms with Crippen LogP contribution in [0.3, 0.4) is 0 Å². The predicted molar refractivity (Wildman–Crippen MR) is 106 cm³/mol. The van der Waals surface area contributed by atoms with Gasteiger partial charge in [0.15, 0.2) is 5.96 Å². The smallest absolute Gasteiger partial charge is 0.191 e. The first kappa shape index (κ1) is 18.1. The Bertz CT molecular complexity index is 518. The second-order valence-electron chi connectivity index (χ2n) is 7.11. The van der Waals surface area contributed by atoms with Crippen molar-refractivity contribution >= 4 is 11.6 Å². The largest absolute Gasteiger partial charge is 0.369 e. The highest BCUT2D eigenvalue weighted by molar-refractivity contribution is 5.79. The summed E-state index contributed by atoms with van der Waals surface area (Å²) in [6, 6.07) is 10.8. The van der Waals surface area contributed by atoms with E-state index >= 15 is 0 Å². The van der Waals surface area contributed by atoms with Gasteiger partial charge >= 0.3 is 0 Å². The summed E-state index contributed by atoms with van der Waals surface area (Å²) in [6.07, 6.45) is 3.88. The molecule has 0 bridgehead atoms. The Morgan fingerprint density at radius 3 is 2.52 bits per heavy atom. The summed E-state index contributed by atoms with van der Waals surface area (Å²) in [4.78, 5) is 9.74. The third-order valence-electron chi connectivity index (χ3n) is 4.99. The lowest BCUT2D eigenvalue weighted by Crippen LogP contribution is -2.47. The topological polar surface area (TPSA) is 42.9 Å². The van der Waals surface area contributed by atoms with E-state index in [0.29, 0.717) is 0 Å². The molecule has 0 aromatic heterocycles. The van der Waals surface area contributed by atoms with Gasteiger partial charge in [-0.25, -0.2) is 0 Å². The van der Waals surface area contributed by atoms with Crippen LogP contribution >= 0.6 is 0 Å². The Labute approximate surface area is 152 Å². The molecule has 1 heterocycles. The number of rotatable bonds is 8. The van der Waals surface area contributed by atoms with Gasteiger partial charge in [-0.15, -0.1) is 0 Å². The fraction of sp³-hybridized carbons (Fsp3) is 0.650. The summed E-state index contributed by atoms with van der Waals surface area (Å²) >= 11 is 0. The molecular formula is C20H33N5. The van der Waals surface area contributed by atoms with Crippen molar-refractivity contribution in [1.82, 2.24) is 15.5 Å². The molecule has 138 valence electrons. The molecule has 1 aliphatic carbocycles. The number of hydrogen-bond donors (Lipinski definition) is 2. The highest BCUT2D eigenvalue weighted by atomic mass is 15.3. The molecule has 2 N–H and O–H groups in total. The number of nitrogens with zero attached hydrogens (tertiary/aromatic N) is 3. The minimum atomic E-state index is 0.844. The second-order valence-corrected chi connectivity index (χ2v) is 7.11. The zero-order valence-corrected chi connectivity index (χ0v) is 15.6. The normalized spacial score (nSPS) is 19.1. The third-order valence-corrected chi connectivity index (χ3v) is 4.99. The number of guanidine groups is 1. The standard InChI is InChI=1S/C20H33N5/c1-2-21-20(23-17-18-9-10-18)22-11-6-12-24-13-15-25(16-14-24)19-7-4-3-5-8-19/h3-5,7-8,18H,2,6,9-17H2,1H3,(H2,21,22,23). The van der Waals surface area contributed by atoms with Crippen LogP contribution in [0, 0.1) is 5.92 Å². The monoisotopic (exact) mass is 343 g/mol. The first-order chi connectivity index (χ1) is 12.3. The highest BCUT2D eigenvalue weighted by Gasteiger charge is 2.20. The van der Waals surface area contributed by atoms with E-state index in [1.54, 1.807) is 0 Å². The van der Waals surface area contributed by atoms with Gasteiger partial charge in [-0.1, -0.05) is 18.2 Å². The number of benzene rings is 1. The van der Waals surface area contributed by atoms with E-state index in [1.807, 2.05) is 0 Å². The molecule has 0 radical (unpaired) electrons. The predicted octanol–water partition coefficient (Wildman–Crippen LogP) is 2.16. The van der Waals surface area contributed by atoms with Gasteiger partial charge in [0.2, 0.25) is 0 Å². The van der Waals surface area contributed by atoms with E-state index in [0.717, 1.165) is 64.2 Å². The molecular weight excluding hydrogens is 310 g/mol. The van der Waals surface area contributed by atoms with Crippen LogP contribution in [0.2, 0.25) is 0 Å². The third kappa shape index (κ3) is 6.24. The summed E-state index contributed by atoms with van der Waals surface area (Å²) < 4.78 is 0. The number of anilines is 1.